The molecule has 0 aromatic heterocycles. The van der Waals surface area contributed by atoms with E-state index in [9.17, 15) is 5.11 Å². The monoisotopic (exact) mass is 314 g/mol. The fourth-order valence-corrected chi connectivity index (χ4v) is 5.16. The molecule has 0 aliphatic heterocycles. The molecule has 0 unspecified atom stereocenters. The summed E-state index contributed by atoms with van der Waals surface area (Å²) in [5, 5.41) is 12.9. The zero-order valence-electron chi connectivity index (χ0n) is 13.9. The lowest BCUT2D eigenvalue weighted by atomic mass is 9.72. The summed E-state index contributed by atoms with van der Waals surface area (Å²) in [6, 6.07) is 19.3. The van der Waals surface area contributed by atoms with Crippen molar-refractivity contribution < 1.29 is 5.11 Å². The van der Waals surface area contributed by atoms with Gasteiger partial charge in [-0.3, -0.25) is 0 Å². The average Bonchev–Trinajstić information content (AvgIpc) is 2.77. The standard InChI is InChI=1S/C23H22O/c24-21-15-20-22(17-10-4-3-9-16(17)21)18-11-5-6-12-19(18)23(20)13-7-1-2-8-14-23/h3-6,9-12,15,24H,1-2,7-8,13-14H2. The van der Waals surface area contributed by atoms with Crippen molar-refractivity contribution in [1.29, 1.82) is 0 Å². The second kappa shape index (κ2) is 5.11. The van der Waals surface area contributed by atoms with Crippen molar-refractivity contribution >= 4 is 10.8 Å². The van der Waals surface area contributed by atoms with E-state index in [1.165, 1.54) is 66.2 Å². The van der Waals surface area contributed by atoms with E-state index in [0.29, 0.717) is 5.75 Å². The maximum Gasteiger partial charge on any atom is 0.123 e. The van der Waals surface area contributed by atoms with E-state index in [0.717, 1.165) is 5.39 Å². The first kappa shape index (κ1) is 14.1. The lowest BCUT2D eigenvalue weighted by molar-refractivity contribution is 0.448. The van der Waals surface area contributed by atoms with Crippen molar-refractivity contribution in [2.75, 3.05) is 0 Å². The number of phenols is 1. The summed E-state index contributed by atoms with van der Waals surface area (Å²) >= 11 is 0. The van der Waals surface area contributed by atoms with E-state index >= 15 is 0 Å². The molecule has 5 rings (SSSR count). The predicted molar refractivity (Wildman–Crippen MR) is 99.5 cm³/mol. The van der Waals surface area contributed by atoms with E-state index in [1.807, 2.05) is 12.1 Å². The molecule has 0 amide bonds. The maximum absolute atomic E-state index is 10.7. The van der Waals surface area contributed by atoms with Crippen LogP contribution < -0.4 is 0 Å². The van der Waals surface area contributed by atoms with Crippen LogP contribution >= 0.6 is 0 Å². The third-order valence-corrected chi connectivity index (χ3v) is 6.21. The molecule has 2 aliphatic rings. The van der Waals surface area contributed by atoms with Gasteiger partial charge in [0.15, 0.2) is 0 Å². The minimum absolute atomic E-state index is 0.101. The van der Waals surface area contributed by atoms with Crippen LogP contribution in [0.3, 0.4) is 0 Å². The van der Waals surface area contributed by atoms with Crippen LogP contribution in [0.15, 0.2) is 54.6 Å². The summed E-state index contributed by atoms with van der Waals surface area (Å²) in [4.78, 5) is 0. The van der Waals surface area contributed by atoms with Crippen LogP contribution in [-0.4, -0.2) is 5.11 Å². The molecule has 1 N–H and O–H groups in total. The largest absolute Gasteiger partial charge is 0.507 e. The Bertz CT molecular complexity index is 930. The molecule has 0 saturated heterocycles. The quantitative estimate of drug-likeness (QED) is 0.526. The molecule has 1 spiro atoms. The van der Waals surface area contributed by atoms with Gasteiger partial charge in [-0.05, 0) is 46.5 Å². The Kier molecular flexibility index (Phi) is 3.00. The molecule has 24 heavy (non-hydrogen) atoms. The van der Waals surface area contributed by atoms with Crippen molar-refractivity contribution in [3.63, 3.8) is 0 Å². The summed E-state index contributed by atoms with van der Waals surface area (Å²) in [6.07, 6.45) is 7.63. The fraction of sp³-hybridized carbons (Fsp3) is 0.304. The van der Waals surface area contributed by atoms with Crippen LogP contribution in [0.4, 0.5) is 0 Å². The minimum atomic E-state index is 0.101. The minimum Gasteiger partial charge on any atom is -0.507 e. The normalized spacial score (nSPS) is 18.3. The highest BCUT2D eigenvalue weighted by atomic mass is 16.3. The number of fused-ring (bicyclic) bond motifs is 7. The highest BCUT2D eigenvalue weighted by Gasteiger charge is 2.43. The molecule has 120 valence electrons. The van der Waals surface area contributed by atoms with Crippen LogP contribution in [-0.2, 0) is 5.41 Å². The zero-order valence-corrected chi connectivity index (χ0v) is 13.9. The van der Waals surface area contributed by atoms with Gasteiger partial charge < -0.3 is 5.11 Å². The number of phenolic OH excluding ortho intramolecular Hbond substituents is 1. The topological polar surface area (TPSA) is 20.2 Å². The van der Waals surface area contributed by atoms with Gasteiger partial charge in [-0.15, -0.1) is 0 Å². The summed E-state index contributed by atoms with van der Waals surface area (Å²) < 4.78 is 0. The lowest BCUT2D eigenvalue weighted by Gasteiger charge is -2.31. The van der Waals surface area contributed by atoms with Gasteiger partial charge in [0, 0.05) is 10.8 Å². The zero-order chi connectivity index (χ0) is 16.1. The van der Waals surface area contributed by atoms with Crippen LogP contribution in [0.2, 0.25) is 0 Å². The third kappa shape index (κ3) is 1.76. The van der Waals surface area contributed by atoms with Crippen LogP contribution in [0.25, 0.3) is 21.9 Å². The molecule has 1 heteroatoms. The van der Waals surface area contributed by atoms with Crippen molar-refractivity contribution in [2.24, 2.45) is 0 Å². The molecule has 0 atom stereocenters. The Balaban J connectivity index is 1.92. The molecule has 0 heterocycles. The van der Waals surface area contributed by atoms with E-state index in [2.05, 4.69) is 42.5 Å². The molecular formula is C23H22O. The first-order chi connectivity index (χ1) is 11.8. The number of rotatable bonds is 0. The van der Waals surface area contributed by atoms with Crippen molar-refractivity contribution in [3.8, 4) is 16.9 Å². The first-order valence-electron chi connectivity index (χ1n) is 9.16. The van der Waals surface area contributed by atoms with Gasteiger partial charge in [0.2, 0.25) is 0 Å². The highest BCUT2D eigenvalue weighted by molar-refractivity contribution is 6.05. The van der Waals surface area contributed by atoms with E-state index in [-0.39, 0.29) is 5.41 Å². The Morgan fingerprint density at radius 1 is 0.708 bits per heavy atom. The average molecular weight is 314 g/mol. The van der Waals surface area contributed by atoms with E-state index in [1.54, 1.807) is 0 Å². The molecular weight excluding hydrogens is 292 g/mol. The Morgan fingerprint density at radius 2 is 1.38 bits per heavy atom. The van der Waals surface area contributed by atoms with Gasteiger partial charge in [0.1, 0.15) is 5.75 Å². The van der Waals surface area contributed by atoms with Gasteiger partial charge in [-0.1, -0.05) is 74.2 Å². The summed E-state index contributed by atoms with van der Waals surface area (Å²) in [5.74, 6) is 0.431. The van der Waals surface area contributed by atoms with Crippen LogP contribution in [0.5, 0.6) is 5.75 Å². The van der Waals surface area contributed by atoms with Crippen molar-refractivity contribution in [2.45, 2.75) is 43.9 Å². The van der Waals surface area contributed by atoms with Gasteiger partial charge in [0.05, 0.1) is 0 Å². The molecule has 1 saturated carbocycles. The Labute approximate surface area is 143 Å². The Morgan fingerprint density at radius 3 is 2.17 bits per heavy atom. The molecule has 1 fully saturated rings. The molecule has 0 bridgehead atoms. The third-order valence-electron chi connectivity index (χ3n) is 6.21. The fourth-order valence-electron chi connectivity index (χ4n) is 5.16. The molecule has 3 aromatic carbocycles. The van der Waals surface area contributed by atoms with Crippen LogP contribution in [0, 0.1) is 0 Å². The van der Waals surface area contributed by atoms with Crippen LogP contribution in [0.1, 0.15) is 49.7 Å². The molecule has 0 radical (unpaired) electrons. The van der Waals surface area contributed by atoms with Gasteiger partial charge in [-0.2, -0.15) is 0 Å². The second-order valence-corrected chi connectivity index (χ2v) is 7.41. The molecule has 2 aliphatic carbocycles. The molecule has 3 aromatic rings. The number of hydrogen-bond donors (Lipinski definition) is 1. The first-order valence-corrected chi connectivity index (χ1v) is 9.16. The summed E-state index contributed by atoms with van der Waals surface area (Å²) in [7, 11) is 0. The summed E-state index contributed by atoms with van der Waals surface area (Å²) in [5.41, 5.74) is 5.69. The molecule has 1 nitrogen and oxygen atoms in total. The second-order valence-electron chi connectivity index (χ2n) is 7.41. The number of benzene rings is 3. The maximum atomic E-state index is 10.7. The van der Waals surface area contributed by atoms with Crippen molar-refractivity contribution in [3.05, 3.63) is 65.7 Å². The predicted octanol–water partition coefficient (Wildman–Crippen LogP) is 6.17. The van der Waals surface area contributed by atoms with E-state index in [4.69, 9.17) is 0 Å². The number of hydrogen-bond acceptors (Lipinski definition) is 1. The summed E-state index contributed by atoms with van der Waals surface area (Å²) in [6.45, 7) is 0. The lowest BCUT2D eigenvalue weighted by Crippen LogP contribution is -2.24. The number of aromatic hydroxyl groups is 1. The SMILES string of the molecule is Oc1cc2c(c3ccccc13)-c1ccccc1C21CCCCCC1. The van der Waals surface area contributed by atoms with Crippen molar-refractivity contribution in [1.82, 2.24) is 0 Å². The Hall–Kier alpha value is -2.28. The van der Waals surface area contributed by atoms with Gasteiger partial charge in [-0.25, -0.2) is 0 Å². The highest BCUT2D eigenvalue weighted by Crippen LogP contribution is 2.57. The van der Waals surface area contributed by atoms with Gasteiger partial charge >= 0.3 is 0 Å². The smallest absolute Gasteiger partial charge is 0.123 e. The van der Waals surface area contributed by atoms with E-state index < -0.39 is 0 Å². The van der Waals surface area contributed by atoms with Gasteiger partial charge in [0.25, 0.3) is 0 Å².